The zero-order valence-corrected chi connectivity index (χ0v) is 10.3. The van der Waals surface area contributed by atoms with Crippen molar-refractivity contribution in [2.24, 2.45) is 11.5 Å². The fraction of sp³-hybridized carbons (Fsp3) is 0.417. The minimum Gasteiger partial charge on any atom is -0.381 e. The largest absolute Gasteiger partial charge is 0.381 e. The van der Waals surface area contributed by atoms with E-state index < -0.39 is 11.8 Å². The van der Waals surface area contributed by atoms with Crippen molar-refractivity contribution < 1.29 is 14.3 Å². The Kier molecular flexibility index (Phi) is 5.26. The number of hydrogen-bond acceptors (Lipinski definition) is 4. The lowest BCUT2D eigenvalue weighted by molar-refractivity contribution is 0.0983. The summed E-state index contributed by atoms with van der Waals surface area (Å²) >= 11 is 0. The number of ether oxygens (including phenoxy) is 1. The van der Waals surface area contributed by atoms with E-state index in [1.54, 1.807) is 6.92 Å². The van der Waals surface area contributed by atoms with Crippen LogP contribution in [0.5, 0.6) is 0 Å². The summed E-state index contributed by atoms with van der Waals surface area (Å²) in [6.45, 7) is 3.64. The van der Waals surface area contributed by atoms with E-state index in [0.717, 1.165) is 13.2 Å². The molecule has 2 amide bonds. The maximum absolute atomic E-state index is 10.7. The molecule has 0 spiro atoms. The number of primary amides is 2. The summed E-state index contributed by atoms with van der Waals surface area (Å²) in [5.41, 5.74) is 11.0. The molecule has 0 radical (unpaired) electrons. The molecule has 0 bridgehead atoms. The van der Waals surface area contributed by atoms with E-state index in [2.05, 4.69) is 4.98 Å². The molecule has 0 saturated carbocycles. The van der Waals surface area contributed by atoms with Gasteiger partial charge < -0.3 is 16.2 Å². The highest BCUT2D eigenvalue weighted by molar-refractivity contribution is 5.95. The molecule has 0 atom stereocenters. The number of amides is 2. The molecule has 1 aromatic rings. The third-order valence-corrected chi connectivity index (χ3v) is 2.42. The topological polar surface area (TPSA) is 108 Å². The molecule has 1 aliphatic rings. The monoisotopic (exact) mass is 251 g/mol. The summed E-state index contributed by atoms with van der Waals surface area (Å²) in [5.74, 6) is -1.19. The number of hydrogen-bond donors (Lipinski definition) is 2. The van der Waals surface area contributed by atoms with Crippen molar-refractivity contribution in [3.8, 4) is 0 Å². The summed E-state index contributed by atoms with van der Waals surface area (Å²) in [7, 11) is 0. The molecule has 1 aromatic heterocycles. The van der Waals surface area contributed by atoms with Crippen molar-refractivity contribution in [1.82, 2.24) is 4.98 Å². The quantitative estimate of drug-likeness (QED) is 0.792. The van der Waals surface area contributed by atoms with Gasteiger partial charge in [0, 0.05) is 19.4 Å². The van der Waals surface area contributed by atoms with E-state index in [1.165, 1.54) is 25.1 Å². The third-order valence-electron chi connectivity index (χ3n) is 2.42. The molecule has 2 rings (SSSR count). The molecule has 18 heavy (non-hydrogen) atoms. The van der Waals surface area contributed by atoms with Crippen LogP contribution in [0.2, 0.25) is 0 Å². The molecular formula is C12H17N3O3. The maximum atomic E-state index is 10.7. The zero-order valence-electron chi connectivity index (χ0n) is 10.3. The molecule has 6 nitrogen and oxygen atoms in total. The summed E-state index contributed by atoms with van der Waals surface area (Å²) in [6, 6.07) is 1.48. The third kappa shape index (κ3) is 4.14. The van der Waals surface area contributed by atoms with E-state index in [9.17, 15) is 9.59 Å². The van der Waals surface area contributed by atoms with Gasteiger partial charge in [0.25, 0.3) is 5.91 Å². The molecule has 0 unspecified atom stereocenters. The fourth-order valence-electron chi connectivity index (χ4n) is 1.48. The van der Waals surface area contributed by atoms with Gasteiger partial charge in [-0.1, -0.05) is 0 Å². The SMILES string of the molecule is C1CCOC1.Cc1cc(C(N)=O)cnc1C(N)=O. The van der Waals surface area contributed by atoms with Gasteiger partial charge in [-0.25, -0.2) is 4.98 Å². The van der Waals surface area contributed by atoms with Crippen LogP contribution in [0, 0.1) is 6.92 Å². The van der Waals surface area contributed by atoms with E-state index in [-0.39, 0.29) is 11.3 Å². The van der Waals surface area contributed by atoms with Gasteiger partial charge in [-0.2, -0.15) is 0 Å². The minimum atomic E-state index is -0.617. The van der Waals surface area contributed by atoms with Crippen molar-refractivity contribution in [3.05, 3.63) is 29.1 Å². The molecule has 4 N–H and O–H groups in total. The lowest BCUT2D eigenvalue weighted by Gasteiger charge is -2.01. The van der Waals surface area contributed by atoms with Gasteiger partial charge in [0.05, 0.1) is 5.56 Å². The number of rotatable bonds is 2. The Morgan fingerprint density at radius 1 is 1.22 bits per heavy atom. The van der Waals surface area contributed by atoms with Crippen LogP contribution >= 0.6 is 0 Å². The fourth-order valence-corrected chi connectivity index (χ4v) is 1.48. The van der Waals surface area contributed by atoms with E-state index in [1.807, 2.05) is 0 Å². The van der Waals surface area contributed by atoms with Gasteiger partial charge in [-0.05, 0) is 31.4 Å². The summed E-state index contributed by atoms with van der Waals surface area (Å²) < 4.78 is 4.94. The molecule has 1 saturated heterocycles. The first-order valence-corrected chi connectivity index (χ1v) is 5.66. The molecule has 2 heterocycles. The molecule has 1 fully saturated rings. The number of aromatic nitrogens is 1. The highest BCUT2D eigenvalue weighted by atomic mass is 16.5. The van der Waals surface area contributed by atoms with Crippen LogP contribution in [0.1, 0.15) is 39.3 Å². The van der Waals surface area contributed by atoms with Crippen LogP contribution in [0.4, 0.5) is 0 Å². The summed E-state index contributed by atoms with van der Waals surface area (Å²) in [6.07, 6.45) is 3.79. The Hall–Kier alpha value is -1.95. The van der Waals surface area contributed by atoms with Crippen molar-refractivity contribution in [1.29, 1.82) is 0 Å². The molecule has 98 valence electrons. The van der Waals surface area contributed by atoms with Gasteiger partial charge >= 0.3 is 0 Å². The average molecular weight is 251 g/mol. The maximum Gasteiger partial charge on any atom is 0.267 e. The van der Waals surface area contributed by atoms with Crippen LogP contribution < -0.4 is 11.5 Å². The van der Waals surface area contributed by atoms with E-state index in [4.69, 9.17) is 16.2 Å². The standard InChI is InChI=1S/C8H9N3O2.C4H8O/c1-4-2-5(7(9)12)3-11-6(4)8(10)13;1-2-4-5-3-1/h2-3H,1H3,(H2,9,12)(H2,10,13);1-4H2. The second-order valence-corrected chi connectivity index (χ2v) is 3.94. The smallest absolute Gasteiger partial charge is 0.267 e. The van der Waals surface area contributed by atoms with Gasteiger partial charge in [-0.3, -0.25) is 9.59 Å². The lowest BCUT2D eigenvalue weighted by Crippen LogP contribution is -2.17. The van der Waals surface area contributed by atoms with E-state index >= 15 is 0 Å². The first kappa shape index (κ1) is 14.1. The van der Waals surface area contributed by atoms with Crippen molar-refractivity contribution in [2.75, 3.05) is 13.2 Å². The molecule has 0 aromatic carbocycles. The van der Waals surface area contributed by atoms with Crippen molar-refractivity contribution in [2.45, 2.75) is 19.8 Å². The zero-order chi connectivity index (χ0) is 13.5. The highest BCUT2D eigenvalue weighted by Crippen LogP contribution is 2.06. The lowest BCUT2D eigenvalue weighted by atomic mass is 10.1. The van der Waals surface area contributed by atoms with Crippen molar-refractivity contribution in [3.63, 3.8) is 0 Å². The molecular weight excluding hydrogens is 234 g/mol. The van der Waals surface area contributed by atoms with Crippen molar-refractivity contribution >= 4 is 11.8 Å². The molecule has 0 aliphatic carbocycles. The summed E-state index contributed by atoms with van der Waals surface area (Å²) in [4.78, 5) is 25.2. The number of carbonyl (C=O) groups excluding carboxylic acids is 2. The normalized spacial score (nSPS) is 13.6. The van der Waals surface area contributed by atoms with E-state index in [0.29, 0.717) is 5.56 Å². The first-order valence-electron chi connectivity index (χ1n) is 5.66. The molecule has 6 heteroatoms. The van der Waals surface area contributed by atoms with Crippen LogP contribution in [-0.4, -0.2) is 30.0 Å². The predicted octanol–water partition coefficient (Wildman–Crippen LogP) is 0.385. The molecule has 1 aliphatic heterocycles. The Labute approximate surface area is 105 Å². The average Bonchev–Trinajstić information content (AvgIpc) is 2.86. The Balaban J connectivity index is 0.000000269. The first-order chi connectivity index (χ1) is 8.52. The Morgan fingerprint density at radius 2 is 1.83 bits per heavy atom. The second kappa shape index (κ2) is 6.70. The van der Waals surface area contributed by atoms with Gasteiger partial charge in [-0.15, -0.1) is 0 Å². The van der Waals surface area contributed by atoms with Gasteiger partial charge in [0.2, 0.25) is 5.91 Å². The Morgan fingerprint density at radius 3 is 2.17 bits per heavy atom. The number of aryl methyl sites for hydroxylation is 1. The van der Waals surface area contributed by atoms with Gasteiger partial charge in [0.1, 0.15) is 5.69 Å². The second-order valence-electron chi connectivity index (χ2n) is 3.94. The predicted molar refractivity (Wildman–Crippen MR) is 66.1 cm³/mol. The summed E-state index contributed by atoms with van der Waals surface area (Å²) in [5, 5.41) is 0. The van der Waals surface area contributed by atoms with Gasteiger partial charge in [0.15, 0.2) is 0 Å². The van der Waals surface area contributed by atoms with Crippen LogP contribution in [0.3, 0.4) is 0 Å². The number of nitrogens with two attached hydrogens (primary N) is 2. The number of carbonyl (C=O) groups is 2. The van der Waals surface area contributed by atoms with Crippen LogP contribution in [0.15, 0.2) is 12.3 Å². The van der Waals surface area contributed by atoms with Crippen LogP contribution in [-0.2, 0) is 4.74 Å². The highest BCUT2D eigenvalue weighted by Gasteiger charge is 2.08. The number of nitrogens with zero attached hydrogens (tertiary/aromatic N) is 1. The Bertz CT molecular complexity index is 435. The number of pyridine rings is 1. The van der Waals surface area contributed by atoms with Crippen LogP contribution in [0.25, 0.3) is 0 Å². The minimum absolute atomic E-state index is 0.157.